The van der Waals surface area contributed by atoms with E-state index in [4.69, 9.17) is 9.47 Å². The number of carbonyl (C=O) groups is 3. The Kier molecular flexibility index (Phi) is 8.87. The van der Waals surface area contributed by atoms with Crippen molar-refractivity contribution in [3.8, 4) is 5.75 Å². The number of thioether (sulfide) groups is 1. The first-order valence-electron chi connectivity index (χ1n) is 8.61. The SMILES string of the molecule is COc1cccc(C(=O)NCC(=O)OCC(=O)NCCSc2ccccc2)c1. The predicted octanol–water partition coefficient (Wildman–Crippen LogP) is 1.88. The monoisotopic (exact) mass is 402 g/mol. The lowest BCUT2D eigenvalue weighted by Crippen LogP contribution is -2.34. The first-order valence-corrected chi connectivity index (χ1v) is 9.59. The van der Waals surface area contributed by atoms with E-state index in [-0.39, 0.29) is 19.1 Å². The first kappa shape index (κ1) is 21.3. The summed E-state index contributed by atoms with van der Waals surface area (Å²) in [5.74, 6) is -0.262. The van der Waals surface area contributed by atoms with Crippen LogP contribution in [-0.4, -0.2) is 50.3 Å². The third-order valence-electron chi connectivity index (χ3n) is 3.53. The van der Waals surface area contributed by atoms with Gasteiger partial charge in [-0.1, -0.05) is 24.3 Å². The minimum atomic E-state index is -0.690. The molecular formula is C20H22N2O5S. The van der Waals surface area contributed by atoms with Crippen molar-refractivity contribution in [1.82, 2.24) is 10.6 Å². The van der Waals surface area contributed by atoms with Crippen molar-refractivity contribution in [2.45, 2.75) is 4.90 Å². The van der Waals surface area contributed by atoms with Crippen molar-refractivity contribution < 1.29 is 23.9 Å². The lowest BCUT2D eigenvalue weighted by molar-refractivity contribution is -0.147. The second kappa shape index (κ2) is 11.7. The van der Waals surface area contributed by atoms with E-state index in [0.717, 1.165) is 4.90 Å². The number of nitrogens with one attached hydrogen (secondary N) is 2. The van der Waals surface area contributed by atoms with Crippen LogP contribution >= 0.6 is 11.8 Å². The van der Waals surface area contributed by atoms with Crippen LogP contribution in [0.2, 0.25) is 0 Å². The highest BCUT2D eigenvalue weighted by Crippen LogP contribution is 2.15. The van der Waals surface area contributed by atoms with Gasteiger partial charge in [0.1, 0.15) is 12.3 Å². The smallest absolute Gasteiger partial charge is 0.325 e. The standard InChI is InChI=1S/C20H22N2O5S/c1-26-16-7-5-6-15(12-16)20(25)22-13-19(24)27-14-18(23)21-10-11-28-17-8-3-2-4-9-17/h2-9,12H,10-11,13-14H2,1H3,(H,21,23)(H,22,25). The molecule has 7 nitrogen and oxygen atoms in total. The third kappa shape index (κ3) is 7.71. The van der Waals surface area contributed by atoms with Gasteiger partial charge in [0.25, 0.3) is 11.8 Å². The van der Waals surface area contributed by atoms with E-state index in [1.165, 1.54) is 7.11 Å². The van der Waals surface area contributed by atoms with Crippen molar-refractivity contribution in [3.05, 3.63) is 60.2 Å². The van der Waals surface area contributed by atoms with Crippen molar-refractivity contribution in [3.63, 3.8) is 0 Å². The zero-order valence-electron chi connectivity index (χ0n) is 15.5. The van der Waals surface area contributed by atoms with Gasteiger partial charge < -0.3 is 20.1 Å². The van der Waals surface area contributed by atoms with Gasteiger partial charge >= 0.3 is 5.97 Å². The summed E-state index contributed by atoms with van der Waals surface area (Å²) in [6.07, 6.45) is 0. The molecule has 28 heavy (non-hydrogen) atoms. The maximum absolute atomic E-state index is 12.0. The minimum Gasteiger partial charge on any atom is -0.497 e. The molecule has 0 heterocycles. The van der Waals surface area contributed by atoms with Gasteiger partial charge in [0.05, 0.1) is 7.11 Å². The molecule has 0 saturated carbocycles. The lowest BCUT2D eigenvalue weighted by atomic mass is 10.2. The van der Waals surface area contributed by atoms with Crippen LogP contribution in [0, 0.1) is 0 Å². The largest absolute Gasteiger partial charge is 0.497 e. The fraction of sp³-hybridized carbons (Fsp3) is 0.250. The topological polar surface area (TPSA) is 93.7 Å². The number of amides is 2. The molecule has 0 unspecified atom stereocenters. The van der Waals surface area contributed by atoms with Crippen molar-refractivity contribution in [2.75, 3.05) is 32.6 Å². The summed E-state index contributed by atoms with van der Waals surface area (Å²) in [5.41, 5.74) is 0.362. The number of esters is 1. The summed E-state index contributed by atoms with van der Waals surface area (Å²) in [7, 11) is 1.50. The van der Waals surface area contributed by atoms with Gasteiger partial charge in [-0.25, -0.2) is 0 Å². The Morgan fingerprint density at radius 2 is 1.79 bits per heavy atom. The van der Waals surface area contributed by atoms with Gasteiger partial charge in [0.2, 0.25) is 0 Å². The Bertz CT molecular complexity index is 798. The van der Waals surface area contributed by atoms with Gasteiger partial charge in [-0.05, 0) is 30.3 Å². The minimum absolute atomic E-state index is 0.326. The maximum atomic E-state index is 12.0. The molecule has 0 aliphatic rings. The molecule has 0 radical (unpaired) electrons. The molecule has 8 heteroatoms. The molecule has 2 rings (SSSR count). The number of hydrogen-bond acceptors (Lipinski definition) is 6. The highest BCUT2D eigenvalue weighted by molar-refractivity contribution is 7.99. The fourth-order valence-corrected chi connectivity index (χ4v) is 2.93. The van der Waals surface area contributed by atoms with Crippen LogP contribution in [0.1, 0.15) is 10.4 Å². The molecular weight excluding hydrogens is 380 g/mol. The van der Waals surface area contributed by atoms with Gasteiger partial charge in [-0.15, -0.1) is 11.8 Å². The number of hydrogen-bond donors (Lipinski definition) is 2. The maximum Gasteiger partial charge on any atom is 0.325 e. The van der Waals surface area contributed by atoms with Crippen LogP contribution in [0.4, 0.5) is 0 Å². The normalized spacial score (nSPS) is 10.0. The fourth-order valence-electron chi connectivity index (χ4n) is 2.14. The molecule has 0 spiro atoms. The Morgan fingerprint density at radius 1 is 1.00 bits per heavy atom. The highest BCUT2D eigenvalue weighted by atomic mass is 32.2. The molecule has 2 aromatic rings. The number of rotatable bonds is 10. The van der Waals surface area contributed by atoms with Crippen molar-refractivity contribution in [2.24, 2.45) is 0 Å². The lowest BCUT2D eigenvalue weighted by Gasteiger charge is -2.08. The van der Waals surface area contributed by atoms with E-state index in [0.29, 0.717) is 23.6 Å². The van der Waals surface area contributed by atoms with E-state index in [2.05, 4.69) is 10.6 Å². The van der Waals surface area contributed by atoms with Gasteiger partial charge in [-0.2, -0.15) is 0 Å². The van der Waals surface area contributed by atoms with Crippen LogP contribution in [0.5, 0.6) is 5.75 Å². The van der Waals surface area contributed by atoms with Crippen molar-refractivity contribution >= 4 is 29.5 Å². The molecule has 0 bridgehead atoms. The molecule has 0 atom stereocenters. The highest BCUT2D eigenvalue weighted by Gasteiger charge is 2.11. The second-order valence-corrected chi connectivity index (χ2v) is 6.76. The summed E-state index contributed by atoms with van der Waals surface area (Å²) in [6.45, 7) is -0.250. The van der Waals surface area contributed by atoms with Gasteiger partial charge in [0.15, 0.2) is 6.61 Å². The Morgan fingerprint density at radius 3 is 2.54 bits per heavy atom. The summed E-state index contributed by atoms with van der Waals surface area (Å²) >= 11 is 1.62. The third-order valence-corrected chi connectivity index (χ3v) is 4.54. The van der Waals surface area contributed by atoms with E-state index < -0.39 is 11.9 Å². The van der Waals surface area contributed by atoms with E-state index in [1.807, 2.05) is 30.3 Å². The number of carbonyl (C=O) groups excluding carboxylic acids is 3. The number of ether oxygens (including phenoxy) is 2. The Labute approximate surface area is 167 Å². The first-order chi connectivity index (χ1) is 13.6. The predicted molar refractivity (Wildman–Crippen MR) is 106 cm³/mol. The average molecular weight is 402 g/mol. The molecule has 0 fully saturated rings. The zero-order valence-corrected chi connectivity index (χ0v) is 16.3. The van der Waals surface area contributed by atoms with Gasteiger partial charge in [0, 0.05) is 22.8 Å². The quantitative estimate of drug-likeness (QED) is 0.358. The average Bonchev–Trinajstić information content (AvgIpc) is 2.74. The number of methoxy groups -OCH3 is 1. The molecule has 2 aromatic carbocycles. The molecule has 0 aromatic heterocycles. The van der Waals surface area contributed by atoms with E-state index in [9.17, 15) is 14.4 Å². The van der Waals surface area contributed by atoms with E-state index in [1.54, 1.807) is 36.0 Å². The summed E-state index contributed by atoms with van der Waals surface area (Å²) in [5, 5.41) is 5.11. The van der Waals surface area contributed by atoms with E-state index >= 15 is 0 Å². The van der Waals surface area contributed by atoms with Crippen LogP contribution in [0.15, 0.2) is 59.5 Å². The molecule has 0 aliphatic carbocycles. The Hall–Kier alpha value is -3.00. The molecule has 2 N–H and O–H groups in total. The molecule has 148 valence electrons. The van der Waals surface area contributed by atoms with Gasteiger partial charge in [-0.3, -0.25) is 14.4 Å². The number of benzene rings is 2. The van der Waals surface area contributed by atoms with Crippen LogP contribution in [0.25, 0.3) is 0 Å². The molecule has 0 aliphatic heterocycles. The Balaban J connectivity index is 1.59. The summed E-state index contributed by atoms with van der Waals surface area (Å²) in [6, 6.07) is 16.4. The second-order valence-electron chi connectivity index (χ2n) is 5.59. The van der Waals surface area contributed by atoms with Crippen molar-refractivity contribution in [1.29, 1.82) is 0 Å². The molecule has 0 saturated heterocycles. The summed E-state index contributed by atoms with van der Waals surface area (Å²) < 4.78 is 9.90. The molecule has 2 amide bonds. The van der Waals surface area contributed by atoms with Crippen LogP contribution in [-0.2, 0) is 14.3 Å². The van der Waals surface area contributed by atoms with Crippen LogP contribution in [0.3, 0.4) is 0 Å². The van der Waals surface area contributed by atoms with Crippen LogP contribution < -0.4 is 15.4 Å². The summed E-state index contributed by atoms with van der Waals surface area (Å²) in [4.78, 5) is 36.5. The zero-order chi connectivity index (χ0) is 20.2.